The molecule has 0 fully saturated rings. The first-order valence-corrected chi connectivity index (χ1v) is 4.19. The molecule has 4 heteroatoms. The van der Waals surface area contributed by atoms with E-state index >= 15 is 0 Å². The van der Waals surface area contributed by atoms with Crippen LogP contribution in [-0.2, 0) is 13.0 Å². The summed E-state index contributed by atoms with van der Waals surface area (Å²) in [5.74, 6) is 0.300. The number of aliphatic hydroxyl groups excluding tert-OH is 1. The number of nitrogens with zero attached hydrogens (tertiary/aromatic N) is 2. The van der Waals surface area contributed by atoms with Crippen molar-refractivity contribution in [2.24, 2.45) is 0 Å². The van der Waals surface area contributed by atoms with Gasteiger partial charge in [-0.05, 0) is 17.7 Å². The maximum absolute atomic E-state index is 8.80. The number of oxazole rings is 1. The fourth-order valence-corrected chi connectivity index (χ4v) is 1.29. The molecule has 0 radical (unpaired) electrons. The van der Waals surface area contributed by atoms with Crippen molar-refractivity contribution in [1.82, 2.24) is 4.98 Å². The monoisotopic (exact) mass is 188 g/mol. The zero-order chi connectivity index (χ0) is 9.97. The van der Waals surface area contributed by atoms with Crippen molar-refractivity contribution in [3.63, 3.8) is 0 Å². The largest absolute Gasteiger partial charge is 0.438 e. The first-order chi connectivity index (χ1) is 6.83. The van der Waals surface area contributed by atoms with Gasteiger partial charge in [0, 0.05) is 0 Å². The lowest BCUT2D eigenvalue weighted by Crippen LogP contribution is -1.81. The van der Waals surface area contributed by atoms with Crippen LogP contribution in [0.5, 0.6) is 0 Å². The fourth-order valence-electron chi connectivity index (χ4n) is 1.29. The van der Waals surface area contributed by atoms with E-state index < -0.39 is 0 Å². The van der Waals surface area contributed by atoms with E-state index in [1.54, 1.807) is 12.1 Å². The number of aliphatic hydroxyl groups is 1. The summed E-state index contributed by atoms with van der Waals surface area (Å²) >= 11 is 0. The van der Waals surface area contributed by atoms with E-state index in [-0.39, 0.29) is 6.61 Å². The van der Waals surface area contributed by atoms with E-state index in [1.165, 1.54) is 0 Å². The average molecular weight is 188 g/mol. The molecule has 1 heterocycles. The highest BCUT2D eigenvalue weighted by Crippen LogP contribution is 2.17. The van der Waals surface area contributed by atoms with Gasteiger partial charge in [-0.3, -0.25) is 0 Å². The van der Waals surface area contributed by atoms with Gasteiger partial charge in [-0.2, -0.15) is 5.26 Å². The Labute approximate surface area is 80.4 Å². The normalized spacial score (nSPS) is 10.3. The molecular weight excluding hydrogens is 180 g/mol. The molecule has 14 heavy (non-hydrogen) atoms. The zero-order valence-electron chi connectivity index (χ0n) is 7.40. The van der Waals surface area contributed by atoms with Crippen LogP contribution in [0.1, 0.15) is 11.5 Å². The van der Waals surface area contributed by atoms with Gasteiger partial charge in [-0.1, -0.05) is 6.07 Å². The van der Waals surface area contributed by atoms with Gasteiger partial charge in [0.05, 0.1) is 12.5 Å². The van der Waals surface area contributed by atoms with Gasteiger partial charge in [0.25, 0.3) is 0 Å². The Morgan fingerprint density at radius 2 is 2.36 bits per heavy atom. The van der Waals surface area contributed by atoms with Crippen molar-refractivity contribution in [3.8, 4) is 6.07 Å². The van der Waals surface area contributed by atoms with Crippen molar-refractivity contribution in [3.05, 3.63) is 29.7 Å². The summed E-state index contributed by atoms with van der Waals surface area (Å²) in [6.45, 7) is -0.206. The Balaban J connectivity index is 2.49. The second-order valence-electron chi connectivity index (χ2n) is 2.90. The Bertz CT molecular complexity index is 496. The van der Waals surface area contributed by atoms with Gasteiger partial charge in [-0.15, -0.1) is 0 Å². The van der Waals surface area contributed by atoms with E-state index in [0.717, 1.165) is 5.56 Å². The molecular formula is C10H8N2O2. The van der Waals surface area contributed by atoms with Crippen molar-refractivity contribution in [2.75, 3.05) is 0 Å². The van der Waals surface area contributed by atoms with E-state index in [4.69, 9.17) is 14.8 Å². The molecule has 0 saturated carbocycles. The van der Waals surface area contributed by atoms with Gasteiger partial charge in [-0.25, -0.2) is 4.98 Å². The minimum Gasteiger partial charge on any atom is -0.438 e. The van der Waals surface area contributed by atoms with Crippen LogP contribution in [-0.4, -0.2) is 10.1 Å². The highest BCUT2D eigenvalue weighted by Gasteiger charge is 2.04. The Hall–Kier alpha value is -1.86. The lowest BCUT2D eigenvalue weighted by atomic mass is 10.1. The van der Waals surface area contributed by atoms with Crippen LogP contribution in [0.25, 0.3) is 11.1 Å². The zero-order valence-corrected chi connectivity index (χ0v) is 7.40. The van der Waals surface area contributed by atoms with Crippen molar-refractivity contribution in [2.45, 2.75) is 13.0 Å². The third-order valence-corrected chi connectivity index (χ3v) is 1.91. The standard InChI is InChI=1S/C10H8N2O2/c11-4-3-7-1-2-9-8(5-7)12-10(6-13)14-9/h1-2,5,13H,3,6H2. The summed E-state index contributed by atoms with van der Waals surface area (Å²) in [4.78, 5) is 4.05. The van der Waals surface area contributed by atoms with Crippen molar-refractivity contribution >= 4 is 11.1 Å². The minimum absolute atomic E-state index is 0.206. The Morgan fingerprint density at radius 3 is 3.07 bits per heavy atom. The summed E-state index contributed by atoms with van der Waals surface area (Å²) in [5, 5.41) is 17.3. The van der Waals surface area contributed by atoms with E-state index in [9.17, 15) is 0 Å². The maximum atomic E-state index is 8.80. The van der Waals surface area contributed by atoms with Crippen LogP contribution in [0.2, 0.25) is 0 Å². The van der Waals surface area contributed by atoms with Crippen LogP contribution in [0, 0.1) is 11.3 Å². The third kappa shape index (κ3) is 1.45. The molecule has 1 aromatic heterocycles. The van der Waals surface area contributed by atoms with Crippen LogP contribution >= 0.6 is 0 Å². The molecule has 2 rings (SSSR count). The molecule has 70 valence electrons. The van der Waals surface area contributed by atoms with Gasteiger partial charge < -0.3 is 9.52 Å². The maximum Gasteiger partial charge on any atom is 0.221 e. The van der Waals surface area contributed by atoms with Gasteiger partial charge >= 0.3 is 0 Å². The molecule has 0 amide bonds. The van der Waals surface area contributed by atoms with Crippen molar-refractivity contribution in [1.29, 1.82) is 5.26 Å². The third-order valence-electron chi connectivity index (χ3n) is 1.91. The number of aromatic nitrogens is 1. The molecule has 1 N–H and O–H groups in total. The second kappa shape index (κ2) is 3.48. The van der Waals surface area contributed by atoms with Gasteiger partial charge in [0.15, 0.2) is 5.58 Å². The fraction of sp³-hybridized carbons (Fsp3) is 0.200. The Morgan fingerprint density at radius 1 is 1.50 bits per heavy atom. The quantitative estimate of drug-likeness (QED) is 0.773. The SMILES string of the molecule is N#CCc1ccc2oc(CO)nc2c1. The molecule has 0 saturated heterocycles. The lowest BCUT2D eigenvalue weighted by Gasteiger charge is -1.91. The molecule has 1 aromatic carbocycles. The highest BCUT2D eigenvalue weighted by atomic mass is 16.4. The first kappa shape index (κ1) is 8.73. The summed E-state index contributed by atoms with van der Waals surface area (Å²) < 4.78 is 5.21. The van der Waals surface area contributed by atoms with Crippen LogP contribution in [0.15, 0.2) is 22.6 Å². The van der Waals surface area contributed by atoms with Crippen LogP contribution in [0.3, 0.4) is 0 Å². The first-order valence-electron chi connectivity index (χ1n) is 4.19. The van der Waals surface area contributed by atoms with Crippen molar-refractivity contribution < 1.29 is 9.52 Å². The topological polar surface area (TPSA) is 70.0 Å². The number of hydrogen-bond acceptors (Lipinski definition) is 4. The summed E-state index contributed by atoms with van der Waals surface area (Å²) in [7, 11) is 0. The predicted molar refractivity (Wildman–Crippen MR) is 49.2 cm³/mol. The molecule has 0 unspecified atom stereocenters. The number of rotatable bonds is 2. The number of fused-ring (bicyclic) bond motifs is 1. The molecule has 0 spiro atoms. The number of hydrogen-bond donors (Lipinski definition) is 1. The van der Waals surface area contributed by atoms with Crippen LogP contribution < -0.4 is 0 Å². The lowest BCUT2D eigenvalue weighted by molar-refractivity contribution is 0.244. The molecule has 2 aromatic rings. The minimum atomic E-state index is -0.206. The highest BCUT2D eigenvalue weighted by molar-refractivity contribution is 5.73. The molecule has 0 aliphatic carbocycles. The van der Waals surface area contributed by atoms with E-state index in [2.05, 4.69) is 11.1 Å². The summed E-state index contributed by atoms with van der Waals surface area (Å²) in [6.07, 6.45) is 0.358. The average Bonchev–Trinajstić information content (AvgIpc) is 2.60. The van der Waals surface area contributed by atoms with Gasteiger partial charge in [0.2, 0.25) is 5.89 Å². The van der Waals surface area contributed by atoms with Gasteiger partial charge in [0.1, 0.15) is 12.1 Å². The molecule has 0 aliphatic heterocycles. The summed E-state index contributed by atoms with van der Waals surface area (Å²) in [6, 6.07) is 7.43. The number of benzene rings is 1. The molecule has 0 aliphatic rings. The van der Waals surface area contributed by atoms with E-state index in [1.807, 2.05) is 6.07 Å². The van der Waals surface area contributed by atoms with Crippen LogP contribution in [0.4, 0.5) is 0 Å². The Kier molecular flexibility index (Phi) is 2.17. The molecule has 4 nitrogen and oxygen atoms in total. The predicted octanol–water partition coefficient (Wildman–Crippen LogP) is 1.39. The molecule has 0 atom stereocenters. The number of nitriles is 1. The smallest absolute Gasteiger partial charge is 0.221 e. The summed E-state index contributed by atoms with van der Waals surface area (Å²) in [5.41, 5.74) is 2.22. The van der Waals surface area contributed by atoms with E-state index in [0.29, 0.717) is 23.4 Å². The second-order valence-corrected chi connectivity index (χ2v) is 2.90. The molecule has 0 bridgehead atoms.